The van der Waals surface area contributed by atoms with E-state index in [0.29, 0.717) is 6.04 Å². The molecule has 2 N–H and O–H groups in total. The molecular weight excluding hydrogens is 236 g/mol. The molecule has 2 aromatic rings. The highest BCUT2D eigenvalue weighted by atomic mass is 15.2. The molecule has 1 fully saturated rings. The van der Waals surface area contributed by atoms with Gasteiger partial charge in [0.25, 0.3) is 0 Å². The minimum atomic E-state index is 0.688. The Morgan fingerprint density at radius 3 is 3.05 bits per heavy atom. The van der Waals surface area contributed by atoms with Crippen LogP contribution in [0.1, 0.15) is 30.1 Å². The highest BCUT2D eigenvalue weighted by Crippen LogP contribution is 2.38. The summed E-state index contributed by atoms with van der Waals surface area (Å²) in [6.07, 6.45) is 7.65. The topological polar surface area (TPSA) is 47.1 Å². The molecule has 0 radical (unpaired) electrons. The number of hydrogen-bond donors (Lipinski definition) is 1. The Morgan fingerprint density at radius 1 is 1.32 bits per heavy atom. The first-order valence-electron chi connectivity index (χ1n) is 6.96. The predicted molar refractivity (Wildman–Crippen MR) is 76.1 cm³/mol. The van der Waals surface area contributed by atoms with Gasteiger partial charge in [0, 0.05) is 18.8 Å². The number of imidazole rings is 1. The van der Waals surface area contributed by atoms with E-state index < -0.39 is 0 Å². The zero-order chi connectivity index (χ0) is 12.8. The summed E-state index contributed by atoms with van der Waals surface area (Å²) in [6.45, 7) is 1.97. The number of nitrogen functional groups attached to an aromatic ring is 1. The second kappa shape index (κ2) is 4.02. The van der Waals surface area contributed by atoms with Crippen molar-refractivity contribution in [3.8, 4) is 0 Å². The molecule has 98 valence electrons. The first kappa shape index (κ1) is 10.9. The molecule has 0 amide bonds. The van der Waals surface area contributed by atoms with E-state index in [9.17, 15) is 0 Å². The number of anilines is 2. The SMILES string of the molecule is Nc1cccc2c1N(Cc1cncn1C1CC1)CC2. The number of nitrogens with zero attached hydrogens (tertiary/aromatic N) is 3. The van der Waals surface area contributed by atoms with Gasteiger partial charge in [-0.3, -0.25) is 0 Å². The van der Waals surface area contributed by atoms with Gasteiger partial charge in [-0.2, -0.15) is 0 Å². The van der Waals surface area contributed by atoms with Gasteiger partial charge in [-0.1, -0.05) is 12.1 Å². The summed E-state index contributed by atoms with van der Waals surface area (Å²) in [5.41, 5.74) is 10.9. The normalized spacial score (nSPS) is 17.8. The monoisotopic (exact) mass is 254 g/mol. The molecule has 1 aliphatic carbocycles. The fraction of sp³-hybridized carbons (Fsp3) is 0.400. The zero-order valence-corrected chi connectivity index (χ0v) is 10.9. The Kier molecular flexibility index (Phi) is 2.31. The lowest BCUT2D eigenvalue weighted by molar-refractivity contribution is 0.675. The molecule has 4 nitrogen and oxygen atoms in total. The lowest BCUT2D eigenvalue weighted by atomic mass is 10.1. The summed E-state index contributed by atoms with van der Waals surface area (Å²) < 4.78 is 2.33. The smallest absolute Gasteiger partial charge is 0.0951 e. The fourth-order valence-corrected chi connectivity index (χ4v) is 3.06. The molecule has 4 heteroatoms. The molecule has 2 heterocycles. The molecule has 0 spiro atoms. The van der Waals surface area contributed by atoms with Gasteiger partial charge in [-0.15, -0.1) is 0 Å². The Labute approximate surface area is 112 Å². The third kappa shape index (κ3) is 1.79. The van der Waals surface area contributed by atoms with E-state index in [1.54, 1.807) is 0 Å². The molecule has 1 aromatic heterocycles. The molecule has 0 bridgehead atoms. The third-order valence-corrected chi connectivity index (χ3v) is 4.16. The van der Waals surface area contributed by atoms with Crippen LogP contribution in [-0.4, -0.2) is 16.1 Å². The Balaban J connectivity index is 1.64. The van der Waals surface area contributed by atoms with Gasteiger partial charge in [0.1, 0.15) is 0 Å². The van der Waals surface area contributed by atoms with Crippen molar-refractivity contribution < 1.29 is 0 Å². The lowest BCUT2D eigenvalue weighted by Crippen LogP contribution is -2.22. The van der Waals surface area contributed by atoms with Crippen molar-refractivity contribution >= 4 is 11.4 Å². The number of para-hydroxylation sites is 1. The molecule has 19 heavy (non-hydrogen) atoms. The predicted octanol–water partition coefficient (Wildman–Crippen LogP) is 2.36. The van der Waals surface area contributed by atoms with Gasteiger partial charge in [-0.25, -0.2) is 4.98 Å². The van der Waals surface area contributed by atoms with Gasteiger partial charge in [0.2, 0.25) is 0 Å². The summed E-state index contributed by atoms with van der Waals surface area (Å²) >= 11 is 0. The summed E-state index contributed by atoms with van der Waals surface area (Å²) in [4.78, 5) is 6.70. The summed E-state index contributed by atoms with van der Waals surface area (Å²) in [5, 5.41) is 0. The first-order valence-corrected chi connectivity index (χ1v) is 6.96. The van der Waals surface area contributed by atoms with E-state index >= 15 is 0 Å². The first-order chi connectivity index (χ1) is 9.33. The Bertz CT molecular complexity index is 612. The number of benzene rings is 1. The van der Waals surface area contributed by atoms with E-state index in [4.69, 9.17) is 5.73 Å². The highest BCUT2D eigenvalue weighted by Gasteiger charge is 2.27. The maximum absolute atomic E-state index is 6.14. The van der Waals surface area contributed by atoms with Gasteiger partial charge >= 0.3 is 0 Å². The summed E-state index contributed by atoms with van der Waals surface area (Å²) in [7, 11) is 0. The maximum atomic E-state index is 6.14. The number of fused-ring (bicyclic) bond motifs is 1. The van der Waals surface area contributed by atoms with Crippen molar-refractivity contribution in [1.29, 1.82) is 0 Å². The van der Waals surface area contributed by atoms with E-state index in [2.05, 4.69) is 20.5 Å². The van der Waals surface area contributed by atoms with Crippen LogP contribution in [0.15, 0.2) is 30.7 Å². The maximum Gasteiger partial charge on any atom is 0.0951 e. The van der Waals surface area contributed by atoms with Crippen molar-refractivity contribution in [2.24, 2.45) is 0 Å². The van der Waals surface area contributed by atoms with Crippen LogP contribution in [0.2, 0.25) is 0 Å². The number of rotatable bonds is 3. The van der Waals surface area contributed by atoms with E-state index in [-0.39, 0.29) is 0 Å². The van der Waals surface area contributed by atoms with Crippen molar-refractivity contribution in [3.05, 3.63) is 42.0 Å². The highest BCUT2D eigenvalue weighted by molar-refractivity contribution is 5.74. The van der Waals surface area contributed by atoms with Crippen LogP contribution in [-0.2, 0) is 13.0 Å². The quantitative estimate of drug-likeness (QED) is 0.855. The molecular formula is C15H18N4. The van der Waals surface area contributed by atoms with Crippen LogP contribution in [0.3, 0.4) is 0 Å². The average Bonchev–Trinajstić information content (AvgIpc) is 3.01. The average molecular weight is 254 g/mol. The van der Waals surface area contributed by atoms with Crippen molar-refractivity contribution in [2.75, 3.05) is 17.2 Å². The second-order valence-electron chi connectivity index (χ2n) is 5.55. The van der Waals surface area contributed by atoms with Crippen LogP contribution in [0, 0.1) is 0 Å². The molecule has 0 unspecified atom stereocenters. The zero-order valence-electron chi connectivity index (χ0n) is 10.9. The second-order valence-corrected chi connectivity index (χ2v) is 5.55. The molecule has 0 atom stereocenters. The van der Waals surface area contributed by atoms with E-state index in [0.717, 1.165) is 25.2 Å². The Hall–Kier alpha value is -1.97. The Morgan fingerprint density at radius 2 is 2.21 bits per heavy atom. The third-order valence-electron chi connectivity index (χ3n) is 4.16. The molecule has 1 saturated carbocycles. The van der Waals surface area contributed by atoms with Crippen LogP contribution in [0.5, 0.6) is 0 Å². The van der Waals surface area contributed by atoms with Crippen LogP contribution >= 0.6 is 0 Å². The molecule has 0 saturated heterocycles. The number of hydrogen-bond acceptors (Lipinski definition) is 3. The van der Waals surface area contributed by atoms with Gasteiger partial charge < -0.3 is 15.2 Å². The molecule has 1 aliphatic heterocycles. The lowest BCUT2D eigenvalue weighted by Gasteiger charge is -2.21. The fourth-order valence-electron chi connectivity index (χ4n) is 3.06. The van der Waals surface area contributed by atoms with Gasteiger partial charge in [0.15, 0.2) is 0 Å². The van der Waals surface area contributed by atoms with Crippen LogP contribution in [0.4, 0.5) is 11.4 Å². The van der Waals surface area contributed by atoms with Crippen molar-refractivity contribution in [2.45, 2.75) is 31.8 Å². The minimum Gasteiger partial charge on any atom is -0.397 e. The summed E-state index contributed by atoms with van der Waals surface area (Å²) in [6, 6.07) is 6.92. The minimum absolute atomic E-state index is 0.688. The largest absolute Gasteiger partial charge is 0.397 e. The van der Waals surface area contributed by atoms with Crippen molar-refractivity contribution in [3.63, 3.8) is 0 Å². The van der Waals surface area contributed by atoms with E-state index in [1.165, 1.54) is 29.8 Å². The molecule has 4 rings (SSSR count). The van der Waals surface area contributed by atoms with Gasteiger partial charge in [-0.05, 0) is 30.9 Å². The van der Waals surface area contributed by atoms with E-state index in [1.807, 2.05) is 24.7 Å². The molecule has 2 aliphatic rings. The number of nitrogens with two attached hydrogens (primary N) is 1. The number of aromatic nitrogens is 2. The van der Waals surface area contributed by atoms with Crippen LogP contribution in [0.25, 0.3) is 0 Å². The standard InChI is InChI=1S/C15H18N4/c16-14-3-1-2-11-6-7-18(15(11)14)9-13-8-17-10-19(13)12-4-5-12/h1-3,8,10,12H,4-7,9,16H2. The summed E-state index contributed by atoms with van der Waals surface area (Å²) in [5.74, 6) is 0. The van der Waals surface area contributed by atoms with Gasteiger partial charge in [0.05, 0.1) is 29.9 Å². The molecule has 1 aromatic carbocycles. The van der Waals surface area contributed by atoms with Crippen LogP contribution < -0.4 is 10.6 Å². The van der Waals surface area contributed by atoms with Crippen molar-refractivity contribution in [1.82, 2.24) is 9.55 Å².